The van der Waals surface area contributed by atoms with Gasteiger partial charge in [-0.05, 0) is 197 Å². The molecule has 32 heteroatoms. The summed E-state index contributed by atoms with van der Waals surface area (Å²) in [5.74, 6) is -1.22. The molecule has 0 spiro atoms. The quantitative estimate of drug-likeness (QED) is 0.0259. The van der Waals surface area contributed by atoms with Gasteiger partial charge in [-0.3, -0.25) is 0 Å². The summed E-state index contributed by atoms with van der Waals surface area (Å²) in [4.78, 5) is 33.7. The number of halogens is 4. The van der Waals surface area contributed by atoms with Gasteiger partial charge in [0.25, 0.3) is 11.6 Å². The van der Waals surface area contributed by atoms with E-state index in [2.05, 4.69) is 105 Å². The van der Waals surface area contributed by atoms with Crippen molar-refractivity contribution in [3.8, 4) is 58.7 Å². The van der Waals surface area contributed by atoms with Gasteiger partial charge in [0.1, 0.15) is 44.4 Å². The van der Waals surface area contributed by atoms with Crippen molar-refractivity contribution in [2.75, 3.05) is 107 Å². The highest BCUT2D eigenvalue weighted by atomic mass is 79.9. The molecule has 8 fully saturated rings. The van der Waals surface area contributed by atoms with Crippen molar-refractivity contribution in [1.29, 1.82) is 10.5 Å². The molecule has 148 heavy (non-hydrogen) atoms. The molecule has 0 radical (unpaired) electrons. The van der Waals surface area contributed by atoms with Crippen LogP contribution in [0.15, 0.2) is 252 Å². The summed E-state index contributed by atoms with van der Waals surface area (Å²) in [5, 5.41) is 119. The monoisotopic (exact) mass is 2160 g/mol. The summed E-state index contributed by atoms with van der Waals surface area (Å²) in [5.41, 5.74) is -4.42. The van der Waals surface area contributed by atoms with Crippen LogP contribution in [0.2, 0.25) is 10.3 Å². The molecule has 0 unspecified atom stereocenters. The highest BCUT2D eigenvalue weighted by Gasteiger charge is 2.82. The second kappa shape index (κ2) is 40.6. The van der Waals surface area contributed by atoms with Gasteiger partial charge in [-0.1, -0.05) is 248 Å². The molecule has 24 rings (SSSR count). The highest BCUT2D eigenvalue weighted by molar-refractivity contribution is 9.10. The van der Waals surface area contributed by atoms with E-state index < -0.39 is 92.9 Å². The molecular formula is C116H112Br2Cl2N12O16. The molecule has 12 heterocycles. The maximum absolute atomic E-state index is 12.9. The fourth-order valence-corrected chi connectivity index (χ4v) is 28.1. The fraction of sp³-hybridized carbons (Fsp3) is 0.379. The molecule has 4 aromatic heterocycles. The number of benzene rings is 8. The number of fused-ring (bicyclic) bond motifs is 12. The zero-order valence-corrected chi connectivity index (χ0v) is 86.6. The SMILES string of the molecule is COc1nc(Cl)cc2c1[C@]1(O)[C@H](O)[C@H](CN3CCCC3)[C@@H](c3ccccc3)[C@]1(c1ccc(Br)cc1)O2.COc1nc(Cl)cc2c1[C@]1(O)[C@H](O)[C@H](CN3CCCC3)[C@@H](c3ccccc3)[C@]1(c1ccc(C#N)cc1)O2.[C-]#[N+]c1cc2c(c(OC)n1)[C@]1(O)[C@H](O)[C@H](CN3CCCC3)[C@@H](c3ccccc3)[C@]1(c1ccc(Br)cc1)O2.[C-]#[N+]c1cc2c(c(OC)n1)[C@]1(O)[C@H](O)[C@H](CN3CCCC3)[C@@H](c3ccccc3)[C@]1(c1ccc(C#N)cc1)O2. The maximum Gasteiger partial charge on any atom is 0.319 e. The van der Waals surface area contributed by atoms with Gasteiger partial charge in [-0.2, -0.15) is 10.5 Å². The second-order valence-corrected chi connectivity index (χ2v) is 43.0. The Hall–Kier alpha value is -12.2. The van der Waals surface area contributed by atoms with Gasteiger partial charge < -0.3 is 108 Å². The first-order chi connectivity index (χ1) is 71.7. The maximum atomic E-state index is 12.9. The van der Waals surface area contributed by atoms with E-state index in [4.69, 9.17) is 74.2 Å². The van der Waals surface area contributed by atoms with Gasteiger partial charge in [-0.25, -0.2) is 9.97 Å². The predicted octanol–water partition coefficient (Wildman–Crippen LogP) is 17.4. The first-order valence-electron chi connectivity index (χ1n) is 50.2. The van der Waals surface area contributed by atoms with Crippen molar-refractivity contribution in [1.82, 2.24) is 39.5 Å². The lowest BCUT2D eigenvalue weighted by Gasteiger charge is -2.41. The molecule has 12 aliphatic rings. The molecule has 28 nitrogen and oxygen atoms in total. The zero-order valence-electron chi connectivity index (χ0n) is 81.9. The Labute approximate surface area is 885 Å². The Kier molecular flexibility index (Phi) is 27.9. The van der Waals surface area contributed by atoms with Crippen molar-refractivity contribution in [3.05, 3.63) is 363 Å². The van der Waals surface area contributed by atoms with Gasteiger partial charge in [0, 0.05) is 107 Å². The Balaban J connectivity index is 0.000000116. The molecule has 8 N–H and O–H groups in total. The number of ether oxygens (including phenoxy) is 8. The first kappa shape index (κ1) is 102. The third-order valence-corrected chi connectivity index (χ3v) is 34.6. The average molecular weight is 2160 g/mol. The summed E-state index contributed by atoms with van der Waals surface area (Å²) >= 11 is 19.7. The van der Waals surface area contributed by atoms with Gasteiger partial charge in [0.2, 0.25) is 11.8 Å². The van der Waals surface area contributed by atoms with Crippen molar-refractivity contribution in [2.45, 2.75) is 144 Å². The predicted molar refractivity (Wildman–Crippen MR) is 559 cm³/mol. The number of hydrogen-bond donors (Lipinski definition) is 8. The smallest absolute Gasteiger partial charge is 0.319 e. The van der Waals surface area contributed by atoms with Crippen LogP contribution in [0.1, 0.15) is 153 Å². The van der Waals surface area contributed by atoms with E-state index in [1.807, 2.05) is 158 Å². The number of likely N-dealkylation sites (tertiary alicyclic amines) is 4. The van der Waals surface area contributed by atoms with Crippen molar-refractivity contribution < 1.29 is 78.7 Å². The van der Waals surface area contributed by atoms with Crippen molar-refractivity contribution in [3.63, 3.8) is 0 Å². The summed E-state index contributed by atoms with van der Waals surface area (Å²) in [6, 6.07) is 79.7. The lowest BCUT2D eigenvalue weighted by molar-refractivity contribution is -0.152. The number of rotatable bonds is 20. The van der Waals surface area contributed by atoms with E-state index in [-0.39, 0.29) is 80.4 Å². The standard InChI is InChI=1S/C30H28N4O4.C29H28BrN3O4.C29H28ClN3O4.C28H28BrClN2O4/c1-32-24-16-23-26(28(33-24)37-2)29(36)27(35)22(18-34-14-6-7-15-34)25(20-8-4-3-5-9-20)30(29,38-23)21-12-10-19(17-31)11-13-21;1-31-23-16-22-25(27(32-23)36-2)28(35)26(34)21(17-33-14-6-7-15-33)24(18-8-4-3-5-9-18)29(28,37-22)19-10-12-20(30)13-11-19;1-36-27-25-22(15-23(30)32-27)37-29(20-11-9-18(16-31)10-12-20)24(19-7-3-2-4-8-19)21(26(34)28(25,29)35)17-33-13-5-6-14-33;1-35-26-24-21(15-22(30)31-26)36-28(18-9-11-19(29)12-10-18)23(17-7-3-2-4-8-17)20(25(33)27(24,28)34)16-32-13-5-6-14-32/h3-5,8-13,16,22,25,27,35-36H,6-7,14-15,18H2,2H3;3-5,8-13,16,21,24,26,34-35H,6-7,14-15,17H2,2H3;2-4,7-12,15,21,24,26,34-35H,5-6,13-14,17H2,1H3;2-4,7-12,15,20,23,25,33-34H,5-6,13-14,16H2,1H3/t22-,25-,27-,29+,30+;2*21-,24-,26-,28+,29+;20-,23-,25-,27+,28+/m1111/s1. The van der Waals surface area contributed by atoms with E-state index in [1.165, 1.54) is 40.6 Å². The number of pyridine rings is 4. The van der Waals surface area contributed by atoms with Crippen LogP contribution in [-0.2, 0) is 44.8 Å². The van der Waals surface area contributed by atoms with Crippen LogP contribution in [0.5, 0.6) is 46.5 Å². The molecule has 12 aromatic rings. The molecule has 0 bridgehead atoms. The molecule has 4 aliphatic carbocycles. The number of nitriles is 2. The molecule has 8 aromatic carbocycles. The van der Waals surface area contributed by atoms with Crippen LogP contribution in [0.4, 0.5) is 11.6 Å². The molecule has 0 amide bonds. The number of aliphatic hydroxyl groups is 8. The Morgan fingerprint density at radius 2 is 0.561 bits per heavy atom. The van der Waals surface area contributed by atoms with Crippen LogP contribution >= 0.6 is 55.1 Å². The molecule has 4 saturated carbocycles. The van der Waals surface area contributed by atoms with Crippen LogP contribution in [0, 0.1) is 59.5 Å². The zero-order chi connectivity index (χ0) is 103. The molecular weight excluding hydrogens is 2050 g/mol. The lowest BCUT2D eigenvalue weighted by Crippen LogP contribution is -2.52. The van der Waals surface area contributed by atoms with Gasteiger partial charge in [0.15, 0.2) is 44.8 Å². The largest absolute Gasteiger partial charge is 0.481 e. The highest BCUT2D eigenvalue weighted by Crippen LogP contribution is 2.76. The van der Waals surface area contributed by atoms with Gasteiger partial charge in [-0.15, -0.1) is 0 Å². The van der Waals surface area contributed by atoms with E-state index in [0.29, 0.717) is 82.4 Å². The van der Waals surface area contributed by atoms with Crippen LogP contribution < -0.4 is 37.9 Å². The average Bonchev–Trinajstić information content (AvgIpc) is 1.51. The summed E-state index contributed by atoms with van der Waals surface area (Å²) in [6.07, 6.45) is 4.16. The topological polar surface area (TPSA) is 357 Å². The number of nitrogens with zero attached hydrogens (tertiary/aromatic N) is 12. The van der Waals surface area contributed by atoms with Crippen LogP contribution in [-0.4, -0.2) is 212 Å². The molecule has 760 valence electrons. The minimum absolute atomic E-state index is 0.0548. The summed E-state index contributed by atoms with van der Waals surface area (Å²) in [7, 11) is 5.83. The van der Waals surface area contributed by atoms with E-state index >= 15 is 0 Å². The van der Waals surface area contributed by atoms with Crippen LogP contribution in [0.3, 0.4) is 0 Å². The Morgan fingerprint density at radius 1 is 0.345 bits per heavy atom. The summed E-state index contributed by atoms with van der Waals surface area (Å²) < 4.78 is 51.5. The lowest BCUT2D eigenvalue weighted by atomic mass is 9.70. The number of aliphatic hydroxyl groups excluding tert-OH is 4. The molecule has 8 aliphatic heterocycles. The number of hydrogen-bond acceptors (Lipinski definition) is 26. The van der Waals surface area contributed by atoms with Gasteiger partial charge in [0.05, 0.1) is 87.2 Å². The van der Waals surface area contributed by atoms with E-state index in [0.717, 1.165) is 146 Å². The Morgan fingerprint density at radius 3 is 0.777 bits per heavy atom. The number of methoxy groups -OCH3 is 4. The van der Waals surface area contributed by atoms with E-state index in [1.54, 1.807) is 60.7 Å². The first-order valence-corrected chi connectivity index (χ1v) is 52.5. The minimum Gasteiger partial charge on any atom is -0.481 e. The van der Waals surface area contributed by atoms with Crippen molar-refractivity contribution in [2.24, 2.45) is 23.7 Å². The molecule has 20 atom stereocenters. The van der Waals surface area contributed by atoms with Crippen molar-refractivity contribution >= 4 is 66.7 Å². The summed E-state index contributed by atoms with van der Waals surface area (Å²) in [6.45, 7) is 25.1. The van der Waals surface area contributed by atoms with Gasteiger partial charge >= 0.3 is 11.8 Å². The molecule has 4 saturated heterocycles. The second-order valence-electron chi connectivity index (χ2n) is 40.4. The Bertz CT molecular complexity index is 7100. The number of aromatic nitrogens is 4. The fourth-order valence-electron chi connectivity index (χ4n) is 27.2. The van der Waals surface area contributed by atoms with E-state index in [9.17, 15) is 51.4 Å². The van der Waals surface area contributed by atoms with Crippen LogP contribution in [0.25, 0.3) is 9.69 Å². The normalized spacial score (nSPS) is 30.4. The minimum atomic E-state index is -1.94. The third-order valence-electron chi connectivity index (χ3n) is 33.1. The third kappa shape index (κ3) is 16.0.